The fraction of sp³-hybridized carbons (Fsp3) is 0.909. The predicted octanol–water partition coefficient (Wildman–Crippen LogP) is 2.66. The minimum atomic E-state index is 0.588. The number of hydrogen-bond donors (Lipinski definition) is 1. The molecule has 13 heavy (non-hydrogen) atoms. The minimum absolute atomic E-state index is 0.588. The molecule has 0 aromatic heterocycles. The van der Waals surface area contributed by atoms with Gasteiger partial charge in [0, 0.05) is 11.8 Å². The zero-order valence-corrected chi connectivity index (χ0v) is 8.16. The minimum Gasteiger partial charge on any atom is -0.411 e. The van der Waals surface area contributed by atoms with Gasteiger partial charge in [0.1, 0.15) is 0 Å². The molecule has 4 saturated carbocycles. The predicted molar refractivity (Wildman–Crippen MR) is 50.9 cm³/mol. The van der Waals surface area contributed by atoms with E-state index in [1.807, 2.05) is 0 Å². The lowest BCUT2D eigenvalue weighted by Gasteiger charge is -2.55. The van der Waals surface area contributed by atoms with Crippen molar-refractivity contribution in [1.82, 2.24) is 0 Å². The average molecular weight is 179 g/mol. The molecular formula is C11H17NO. The quantitative estimate of drug-likeness (QED) is 0.450. The number of nitrogens with zero attached hydrogens (tertiary/aromatic N) is 1. The molecular weight excluding hydrogens is 162 g/mol. The topological polar surface area (TPSA) is 32.6 Å². The summed E-state index contributed by atoms with van der Waals surface area (Å²) in [5, 5.41) is 12.5. The van der Waals surface area contributed by atoms with E-state index in [-0.39, 0.29) is 0 Å². The lowest BCUT2D eigenvalue weighted by Crippen LogP contribution is -2.50. The summed E-state index contributed by atoms with van der Waals surface area (Å²) in [6, 6.07) is 0. The molecule has 2 heteroatoms. The molecule has 0 radical (unpaired) electrons. The molecule has 0 saturated heterocycles. The van der Waals surface area contributed by atoms with Gasteiger partial charge in [-0.15, -0.1) is 0 Å². The summed E-state index contributed by atoms with van der Waals surface area (Å²) in [6.45, 7) is 2.42. The first kappa shape index (κ1) is 7.84. The van der Waals surface area contributed by atoms with Gasteiger partial charge in [0.25, 0.3) is 0 Å². The Labute approximate surface area is 79.0 Å². The first-order chi connectivity index (χ1) is 6.20. The Morgan fingerprint density at radius 2 is 1.85 bits per heavy atom. The normalized spacial score (nSPS) is 52.7. The van der Waals surface area contributed by atoms with Gasteiger partial charge in [-0.05, 0) is 43.4 Å². The van der Waals surface area contributed by atoms with E-state index in [0.717, 1.165) is 11.6 Å². The van der Waals surface area contributed by atoms with E-state index in [4.69, 9.17) is 5.21 Å². The van der Waals surface area contributed by atoms with Crippen molar-refractivity contribution in [3.8, 4) is 0 Å². The van der Waals surface area contributed by atoms with Crippen LogP contribution in [0.2, 0.25) is 0 Å². The number of hydrogen-bond acceptors (Lipinski definition) is 2. The van der Waals surface area contributed by atoms with Crippen molar-refractivity contribution in [2.24, 2.45) is 28.3 Å². The molecule has 4 rings (SSSR count). The SMILES string of the molecule is CC12CC3CC(C1)C(=NO)C(C3)C2. The van der Waals surface area contributed by atoms with Gasteiger partial charge in [0.05, 0.1) is 5.71 Å². The van der Waals surface area contributed by atoms with Crippen LogP contribution in [-0.4, -0.2) is 10.9 Å². The fourth-order valence-electron chi connectivity index (χ4n) is 4.32. The molecule has 2 unspecified atom stereocenters. The Bertz CT molecular complexity index is 253. The molecule has 1 N–H and O–H groups in total. The third-order valence-electron chi connectivity index (χ3n) is 4.45. The Kier molecular flexibility index (Phi) is 1.38. The molecule has 0 amide bonds. The van der Waals surface area contributed by atoms with Crippen LogP contribution in [0.4, 0.5) is 0 Å². The lowest BCUT2D eigenvalue weighted by atomic mass is 9.49. The van der Waals surface area contributed by atoms with Crippen LogP contribution < -0.4 is 0 Å². The van der Waals surface area contributed by atoms with E-state index in [1.165, 1.54) is 32.1 Å². The van der Waals surface area contributed by atoms with Crippen molar-refractivity contribution in [3.63, 3.8) is 0 Å². The molecule has 0 aromatic rings. The zero-order chi connectivity index (χ0) is 9.05. The largest absolute Gasteiger partial charge is 0.411 e. The molecule has 4 fully saturated rings. The van der Waals surface area contributed by atoms with Crippen molar-refractivity contribution >= 4 is 5.71 Å². The number of rotatable bonds is 0. The maximum atomic E-state index is 8.97. The van der Waals surface area contributed by atoms with Gasteiger partial charge < -0.3 is 5.21 Å². The van der Waals surface area contributed by atoms with Crippen molar-refractivity contribution < 1.29 is 5.21 Å². The highest BCUT2D eigenvalue weighted by molar-refractivity contribution is 5.90. The van der Waals surface area contributed by atoms with Gasteiger partial charge in [-0.25, -0.2) is 0 Å². The smallest absolute Gasteiger partial charge is 0.0633 e. The zero-order valence-electron chi connectivity index (χ0n) is 8.16. The van der Waals surface area contributed by atoms with Gasteiger partial charge in [0.15, 0.2) is 0 Å². The van der Waals surface area contributed by atoms with Crippen LogP contribution >= 0.6 is 0 Å². The third kappa shape index (κ3) is 0.976. The van der Waals surface area contributed by atoms with Crippen molar-refractivity contribution in [3.05, 3.63) is 0 Å². The Balaban J connectivity index is 1.98. The van der Waals surface area contributed by atoms with E-state index in [0.29, 0.717) is 17.3 Å². The standard InChI is InChI=1S/C11H17NO/c1-11-4-7-2-8(5-11)10(12-13)9(3-7)6-11/h7-9,13H,2-6H2,1H3. The molecule has 2 nitrogen and oxygen atoms in total. The summed E-state index contributed by atoms with van der Waals surface area (Å²) < 4.78 is 0. The van der Waals surface area contributed by atoms with Gasteiger partial charge in [0.2, 0.25) is 0 Å². The van der Waals surface area contributed by atoms with Crippen LogP contribution in [-0.2, 0) is 0 Å². The number of oxime groups is 1. The Morgan fingerprint density at radius 1 is 1.23 bits per heavy atom. The van der Waals surface area contributed by atoms with Crippen LogP contribution in [0.1, 0.15) is 39.0 Å². The summed E-state index contributed by atoms with van der Waals surface area (Å²) in [6.07, 6.45) is 6.58. The van der Waals surface area contributed by atoms with E-state index >= 15 is 0 Å². The molecule has 2 atom stereocenters. The van der Waals surface area contributed by atoms with Crippen LogP contribution in [0.5, 0.6) is 0 Å². The second-order valence-electron chi connectivity index (χ2n) is 5.68. The van der Waals surface area contributed by atoms with Crippen LogP contribution in [0, 0.1) is 23.2 Å². The van der Waals surface area contributed by atoms with Crippen LogP contribution in [0.3, 0.4) is 0 Å². The lowest BCUT2D eigenvalue weighted by molar-refractivity contribution is 0.0273. The van der Waals surface area contributed by atoms with Gasteiger partial charge in [-0.3, -0.25) is 0 Å². The highest BCUT2D eigenvalue weighted by Gasteiger charge is 2.51. The van der Waals surface area contributed by atoms with E-state index < -0.39 is 0 Å². The van der Waals surface area contributed by atoms with Gasteiger partial charge >= 0.3 is 0 Å². The first-order valence-electron chi connectivity index (χ1n) is 5.42. The molecule has 0 spiro atoms. The third-order valence-corrected chi connectivity index (χ3v) is 4.45. The van der Waals surface area contributed by atoms with Crippen molar-refractivity contribution in [2.45, 2.75) is 39.0 Å². The maximum Gasteiger partial charge on any atom is 0.0633 e. The van der Waals surface area contributed by atoms with Crippen LogP contribution in [0.25, 0.3) is 0 Å². The summed E-state index contributed by atoms with van der Waals surface area (Å²) in [5.74, 6) is 2.19. The summed E-state index contributed by atoms with van der Waals surface area (Å²) in [7, 11) is 0. The molecule has 0 aliphatic heterocycles. The monoisotopic (exact) mass is 179 g/mol. The molecule has 72 valence electrons. The Hall–Kier alpha value is -0.530. The van der Waals surface area contributed by atoms with E-state index in [2.05, 4.69) is 12.1 Å². The second kappa shape index (κ2) is 2.28. The van der Waals surface area contributed by atoms with Crippen molar-refractivity contribution in [2.75, 3.05) is 0 Å². The molecule has 4 bridgehead atoms. The summed E-state index contributed by atoms with van der Waals surface area (Å²) >= 11 is 0. The molecule has 0 aromatic carbocycles. The molecule has 4 aliphatic rings. The first-order valence-corrected chi connectivity index (χ1v) is 5.42. The summed E-state index contributed by atoms with van der Waals surface area (Å²) in [4.78, 5) is 0. The second-order valence-corrected chi connectivity index (χ2v) is 5.68. The highest BCUT2D eigenvalue weighted by atomic mass is 16.4. The van der Waals surface area contributed by atoms with Gasteiger partial charge in [-0.2, -0.15) is 0 Å². The highest BCUT2D eigenvalue weighted by Crippen LogP contribution is 2.58. The maximum absolute atomic E-state index is 8.97. The van der Waals surface area contributed by atoms with E-state index in [1.54, 1.807) is 0 Å². The van der Waals surface area contributed by atoms with Crippen molar-refractivity contribution in [1.29, 1.82) is 0 Å². The van der Waals surface area contributed by atoms with Gasteiger partial charge in [-0.1, -0.05) is 12.1 Å². The van der Waals surface area contributed by atoms with E-state index in [9.17, 15) is 0 Å². The summed E-state index contributed by atoms with van der Waals surface area (Å²) in [5.41, 5.74) is 1.72. The van der Waals surface area contributed by atoms with Crippen LogP contribution in [0.15, 0.2) is 5.16 Å². The molecule has 0 heterocycles. The molecule has 4 aliphatic carbocycles. The Morgan fingerprint density at radius 3 is 2.31 bits per heavy atom. The average Bonchev–Trinajstić information content (AvgIpc) is 2.00. The fourth-order valence-corrected chi connectivity index (χ4v) is 4.32.